The molecule has 1 saturated carbocycles. The van der Waals surface area contributed by atoms with Crippen LogP contribution in [0.4, 0.5) is 16.2 Å². The van der Waals surface area contributed by atoms with Crippen LogP contribution in [-0.2, 0) is 4.79 Å². The summed E-state index contributed by atoms with van der Waals surface area (Å²) in [4.78, 5) is 23.6. The smallest absolute Gasteiger partial charge is 0.319 e. The number of benzene rings is 1. The molecule has 0 aromatic heterocycles. The minimum atomic E-state index is -0.224. The average molecular weight is 289 g/mol. The number of nitrogens with one attached hydrogen (secondary N) is 3. The van der Waals surface area contributed by atoms with Crippen molar-refractivity contribution in [3.05, 3.63) is 23.8 Å². The SMILES string of the molecule is CC[C@H](C)NC(=O)Nc1cc(NC(=O)C2CC2)ccc1C. The van der Waals surface area contributed by atoms with Crippen LogP contribution >= 0.6 is 0 Å². The Morgan fingerprint density at radius 3 is 2.62 bits per heavy atom. The number of aryl methyl sites for hydroxylation is 1. The quantitative estimate of drug-likeness (QED) is 0.778. The van der Waals surface area contributed by atoms with Crippen molar-refractivity contribution >= 4 is 23.3 Å². The average Bonchev–Trinajstić information content (AvgIpc) is 3.26. The Hall–Kier alpha value is -2.04. The third-order valence-electron chi connectivity index (χ3n) is 3.69. The molecule has 114 valence electrons. The molecule has 0 saturated heterocycles. The normalized spacial score (nSPS) is 15.2. The van der Waals surface area contributed by atoms with E-state index in [-0.39, 0.29) is 23.9 Å². The second-order valence-corrected chi connectivity index (χ2v) is 5.70. The zero-order valence-corrected chi connectivity index (χ0v) is 12.8. The van der Waals surface area contributed by atoms with Gasteiger partial charge in [-0.15, -0.1) is 0 Å². The molecule has 0 unspecified atom stereocenters. The lowest BCUT2D eigenvalue weighted by atomic mass is 10.1. The first-order valence-electron chi connectivity index (χ1n) is 7.48. The van der Waals surface area contributed by atoms with E-state index in [1.54, 1.807) is 6.07 Å². The zero-order valence-electron chi connectivity index (χ0n) is 12.8. The van der Waals surface area contributed by atoms with Crippen LogP contribution in [0.1, 0.15) is 38.7 Å². The molecule has 0 radical (unpaired) electrons. The summed E-state index contributed by atoms with van der Waals surface area (Å²) in [6.07, 6.45) is 2.82. The Kier molecular flexibility index (Phi) is 4.83. The first kappa shape index (κ1) is 15.4. The largest absolute Gasteiger partial charge is 0.335 e. The second kappa shape index (κ2) is 6.61. The highest BCUT2D eigenvalue weighted by Gasteiger charge is 2.29. The lowest BCUT2D eigenvalue weighted by molar-refractivity contribution is -0.117. The van der Waals surface area contributed by atoms with Crippen LogP contribution < -0.4 is 16.0 Å². The molecule has 2 rings (SSSR count). The van der Waals surface area contributed by atoms with Crippen LogP contribution in [0.15, 0.2) is 18.2 Å². The van der Waals surface area contributed by atoms with Crippen LogP contribution in [-0.4, -0.2) is 18.0 Å². The van der Waals surface area contributed by atoms with E-state index in [2.05, 4.69) is 16.0 Å². The third-order valence-corrected chi connectivity index (χ3v) is 3.69. The van der Waals surface area contributed by atoms with E-state index in [0.29, 0.717) is 5.69 Å². The van der Waals surface area contributed by atoms with Gasteiger partial charge in [-0.1, -0.05) is 13.0 Å². The number of urea groups is 1. The van der Waals surface area contributed by atoms with Gasteiger partial charge in [0, 0.05) is 23.3 Å². The number of carbonyl (C=O) groups is 2. The lowest BCUT2D eigenvalue weighted by Crippen LogP contribution is -2.35. The summed E-state index contributed by atoms with van der Waals surface area (Å²) in [7, 11) is 0. The summed E-state index contributed by atoms with van der Waals surface area (Å²) in [5.41, 5.74) is 2.39. The van der Waals surface area contributed by atoms with Gasteiger partial charge >= 0.3 is 6.03 Å². The summed E-state index contributed by atoms with van der Waals surface area (Å²) in [5.74, 6) is 0.227. The maximum atomic E-state index is 11.9. The van der Waals surface area contributed by atoms with E-state index in [0.717, 1.165) is 30.5 Å². The number of amides is 3. The fourth-order valence-corrected chi connectivity index (χ4v) is 1.91. The summed E-state index contributed by atoms with van der Waals surface area (Å²) in [5, 5.41) is 8.57. The molecule has 0 bridgehead atoms. The van der Waals surface area contributed by atoms with Gasteiger partial charge in [0.25, 0.3) is 0 Å². The first-order chi connectivity index (χ1) is 9.99. The highest BCUT2D eigenvalue weighted by molar-refractivity contribution is 5.96. The van der Waals surface area contributed by atoms with Crippen molar-refractivity contribution in [2.24, 2.45) is 5.92 Å². The molecule has 1 atom stereocenters. The van der Waals surface area contributed by atoms with Gasteiger partial charge in [-0.3, -0.25) is 4.79 Å². The monoisotopic (exact) mass is 289 g/mol. The van der Waals surface area contributed by atoms with Crippen LogP contribution in [0.25, 0.3) is 0 Å². The fourth-order valence-electron chi connectivity index (χ4n) is 1.91. The van der Waals surface area contributed by atoms with Crippen molar-refractivity contribution in [2.45, 2.75) is 46.1 Å². The van der Waals surface area contributed by atoms with Crippen LogP contribution in [0, 0.1) is 12.8 Å². The molecule has 3 amide bonds. The number of hydrogen-bond acceptors (Lipinski definition) is 2. The molecule has 1 aliphatic carbocycles. The summed E-state index contributed by atoms with van der Waals surface area (Å²) in [6.45, 7) is 5.90. The number of carbonyl (C=O) groups excluding carboxylic acids is 2. The minimum absolute atomic E-state index is 0.0638. The van der Waals surface area contributed by atoms with E-state index in [9.17, 15) is 9.59 Å². The summed E-state index contributed by atoms with van der Waals surface area (Å²) >= 11 is 0. The Labute approximate surface area is 125 Å². The predicted molar refractivity (Wildman–Crippen MR) is 84.4 cm³/mol. The Morgan fingerprint density at radius 1 is 1.29 bits per heavy atom. The molecular weight excluding hydrogens is 266 g/mol. The van der Waals surface area contributed by atoms with Crippen molar-refractivity contribution in [3.8, 4) is 0 Å². The van der Waals surface area contributed by atoms with Crippen molar-refractivity contribution < 1.29 is 9.59 Å². The highest BCUT2D eigenvalue weighted by Crippen LogP contribution is 2.30. The van der Waals surface area contributed by atoms with Crippen LogP contribution in [0.2, 0.25) is 0 Å². The Bertz CT molecular complexity index is 538. The minimum Gasteiger partial charge on any atom is -0.335 e. The molecule has 1 aliphatic rings. The van der Waals surface area contributed by atoms with Crippen LogP contribution in [0.3, 0.4) is 0 Å². The Balaban J connectivity index is 2.00. The van der Waals surface area contributed by atoms with E-state index < -0.39 is 0 Å². The number of hydrogen-bond donors (Lipinski definition) is 3. The van der Waals surface area contributed by atoms with Crippen molar-refractivity contribution in [2.75, 3.05) is 10.6 Å². The molecule has 5 heteroatoms. The lowest BCUT2D eigenvalue weighted by Gasteiger charge is -2.15. The predicted octanol–water partition coefficient (Wildman–Crippen LogP) is 3.26. The maximum Gasteiger partial charge on any atom is 0.319 e. The van der Waals surface area contributed by atoms with E-state index >= 15 is 0 Å². The van der Waals surface area contributed by atoms with Crippen molar-refractivity contribution in [1.82, 2.24) is 5.32 Å². The van der Waals surface area contributed by atoms with Gasteiger partial charge < -0.3 is 16.0 Å². The maximum absolute atomic E-state index is 11.9. The molecule has 1 fully saturated rings. The van der Waals surface area contributed by atoms with Gasteiger partial charge in [-0.05, 0) is 50.8 Å². The summed E-state index contributed by atoms with van der Waals surface area (Å²) in [6, 6.07) is 5.45. The molecule has 1 aromatic carbocycles. The van der Waals surface area contributed by atoms with Crippen molar-refractivity contribution in [1.29, 1.82) is 0 Å². The molecule has 1 aromatic rings. The third kappa shape index (κ3) is 4.48. The molecule has 0 spiro atoms. The van der Waals surface area contributed by atoms with E-state index in [4.69, 9.17) is 0 Å². The number of rotatable bonds is 5. The van der Waals surface area contributed by atoms with Crippen LogP contribution in [0.5, 0.6) is 0 Å². The van der Waals surface area contributed by atoms with Gasteiger partial charge in [-0.25, -0.2) is 4.79 Å². The van der Waals surface area contributed by atoms with Gasteiger partial charge in [0.1, 0.15) is 0 Å². The van der Waals surface area contributed by atoms with E-state index in [1.807, 2.05) is 32.9 Å². The van der Waals surface area contributed by atoms with Gasteiger partial charge in [-0.2, -0.15) is 0 Å². The summed E-state index contributed by atoms with van der Waals surface area (Å²) < 4.78 is 0. The van der Waals surface area contributed by atoms with Gasteiger partial charge in [0.2, 0.25) is 5.91 Å². The highest BCUT2D eigenvalue weighted by atomic mass is 16.2. The zero-order chi connectivity index (χ0) is 15.4. The second-order valence-electron chi connectivity index (χ2n) is 5.70. The van der Waals surface area contributed by atoms with E-state index in [1.165, 1.54) is 0 Å². The van der Waals surface area contributed by atoms with Gasteiger partial charge in [0.05, 0.1) is 0 Å². The fraction of sp³-hybridized carbons (Fsp3) is 0.500. The molecule has 3 N–H and O–H groups in total. The molecule has 21 heavy (non-hydrogen) atoms. The number of anilines is 2. The molecular formula is C16H23N3O2. The standard InChI is InChI=1S/C16H23N3O2/c1-4-11(3)17-16(21)19-14-9-13(8-5-10(14)2)18-15(20)12-6-7-12/h5,8-9,11-12H,4,6-7H2,1-3H3,(H,18,20)(H2,17,19,21)/t11-/m0/s1. The van der Waals surface area contributed by atoms with Crippen molar-refractivity contribution in [3.63, 3.8) is 0 Å². The Morgan fingerprint density at radius 2 is 2.00 bits per heavy atom. The molecule has 0 heterocycles. The topological polar surface area (TPSA) is 70.2 Å². The molecule has 0 aliphatic heterocycles. The molecule has 5 nitrogen and oxygen atoms in total. The first-order valence-corrected chi connectivity index (χ1v) is 7.48. The van der Waals surface area contributed by atoms with Gasteiger partial charge in [0.15, 0.2) is 0 Å².